The van der Waals surface area contributed by atoms with Crippen molar-refractivity contribution in [3.05, 3.63) is 35.4 Å². The van der Waals surface area contributed by atoms with Gasteiger partial charge in [0.1, 0.15) is 12.2 Å². The first-order valence-electron chi connectivity index (χ1n) is 6.87. The lowest BCUT2D eigenvalue weighted by atomic mass is 10.1. The van der Waals surface area contributed by atoms with Gasteiger partial charge in [0.2, 0.25) is 0 Å². The summed E-state index contributed by atoms with van der Waals surface area (Å²) in [5.74, 6) is -0.951. The summed E-state index contributed by atoms with van der Waals surface area (Å²) in [6, 6.07) is 6.02. The number of carbonyl (C=O) groups is 1. The van der Waals surface area contributed by atoms with Crippen LogP contribution in [-0.2, 0) is 14.3 Å². The molecule has 0 aromatic heterocycles. The second-order valence-electron chi connectivity index (χ2n) is 5.19. The van der Waals surface area contributed by atoms with E-state index in [4.69, 9.17) is 14.6 Å². The highest BCUT2D eigenvalue weighted by molar-refractivity contribution is 5.87. The molecule has 21 heavy (non-hydrogen) atoms. The van der Waals surface area contributed by atoms with E-state index >= 15 is 0 Å². The van der Waals surface area contributed by atoms with Gasteiger partial charge in [-0.3, -0.25) is 0 Å². The second-order valence-corrected chi connectivity index (χ2v) is 5.19. The Morgan fingerprint density at radius 2 is 1.90 bits per heavy atom. The summed E-state index contributed by atoms with van der Waals surface area (Å²) in [5.41, 5.74) is 2.98. The van der Waals surface area contributed by atoms with Gasteiger partial charge in [0.15, 0.2) is 0 Å². The van der Waals surface area contributed by atoms with Crippen molar-refractivity contribution in [2.45, 2.75) is 19.1 Å². The molecule has 1 heterocycles. The van der Waals surface area contributed by atoms with Crippen LogP contribution in [0.2, 0.25) is 0 Å². The number of rotatable bonds is 5. The molecule has 0 spiro atoms. The molecule has 5 nitrogen and oxygen atoms in total. The number of ether oxygens (including phenoxy) is 2. The first kappa shape index (κ1) is 15.5. The third-order valence-electron chi connectivity index (χ3n) is 3.75. The highest BCUT2D eigenvalue weighted by Crippen LogP contribution is 2.28. The van der Waals surface area contributed by atoms with Crippen molar-refractivity contribution in [2.24, 2.45) is 0 Å². The third-order valence-corrected chi connectivity index (χ3v) is 3.75. The molecule has 1 fully saturated rings. The summed E-state index contributed by atoms with van der Waals surface area (Å²) < 4.78 is 10.9. The number of methoxy groups -OCH3 is 2. The van der Waals surface area contributed by atoms with Crippen LogP contribution in [0, 0.1) is 6.92 Å². The SMILES string of the molecule is COC1CN(c2ccc(C)cc2/C=C/C(=O)O)CC1OC. The summed E-state index contributed by atoms with van der Waals surface area (Å²) in [5, 5.41) is 8.82. The summed E-state index contributed by atoms with van der Waals surface area (Å²) in [6.45, 7) is 3.44. The number of benzene rings is 1. The number of carboxylic acid groups (broad SMARTS) is 1. The van der Waals surface area contributed by atoms with Crippen LogP contribution in [-0.4, -0.2) is 50.6 Å². The molecule has 1 saturated heterocycles. The van der Waals surface area contributed by atoms with Crippen LogP contribution < -0.4 is 4.90 Å². The number of nitrogens with zero attached hydrogens (tertiary/aromatic N) is 1. The minimum Gasteiger partial charge on any atom is -0.478 e. The quantitative estimate of drug-likeness (QED) is 0.840. The highest BCUT2D eigenvalue weighted by atomic mass is 16.5. The lowest BCUT2D eigenvalue weighted by Crippen LogP contribution is -2.27. The van der Waals surface area contributed by atoms with Gasteiger partial charge in [-0.05, 0) is 30.7 Å². The van der Waals surface area contributed by atoms with E-state index in [1.165, 1.54) is 0 Å². The van der Waals surface area contributed by atoms with E-state index in [-0.39, 0.29) is 12.2 Å². The molecule has 0 amide bonds. The molecule has 1 aromatic carbocycles. The molecule has 0 radical (unpaired) electrons. The fourth-order valence-electron chi connectivity index (χ4n) is 2.65. The van der Waals surface area contributed by atoms with E-state index in [0.29, 0.717) is 0 Å². The predicted molar refractivity (Wildman–Crippen MR) is 81.7 cm³/mol. The van der Waals surface area contributed by atoms with E-state index < -0.39 is 5.97 Å². The summed E-state index contributed by atoms with van der Waals surface area (Å²) in [7, 11) is 3.36. The Morgan fingerprint density at radius 1 is 1.29 bits per heavy atom. The average molecular weight is 291 g/mol. The minimum absolute atomic E-state index is 0.0209. The van der Waals surface area contributed by atoms with Crippen molar-refractivity contribution in [3.63, 3.8) is 0 Å². The molecule has 2 rings (SSSR count). The van der Waals surface area contributed by atoms with E-state index in [1.807, 2.05) is 25.1 Å². The Morgan fingerprint density at radius 3 is 2.43 bits per heavy atom. The Balaban J connectivity index is 2.29. The van der Waals surface area contributed by atoms with Gasteiger partial charge >= 0.3 is 5.97 Å². The summed E-state index contributed by atoms with van der Waals surface area (Å²) in [4.78, 5) is 12.9. The van der Waals surface area contributed by atoms with Gasteiger partial charge in [-0.2, -0.15) is 0 Å². The van der Waals surface area contributed by atoms with Crippen molar-refractivity contribution in [2.75, 3.05) is 32.2 Å². The van der Waals surface area contributed by atoms with Gasteiger partial charge in [0.25, 0.3) is 0 Å². The number of carboxylic acids is 1. The Labute approximate surface area is 124 Å². The molecular formula is C16H21NO4. The van der Waals surface area contributed by atoms with Gasteiger partial charge in [-0.15, -0.1) is 0 Å². The first-order valence-corrected chi connectivity index (χ1v) is 6.87. The van der Waals surface area contributed by atoms with Gasteiger partial charge in [-0.1, -0.05) is 11.6 Å². The predicted octanol–water partition coefficient (Wildman–Crippen LogP) is 1.94. The first-order chi connectivity index (χ1) is 10.0. The minimum atomic E-state index is -0.951. The average Bonchev–Trinajstić information content (AvgIpc) is 2.88. The molecular weight excluding hydrogens is 270 g/mol. The second kappa shape index (κ2) is 6.74. The van der Waals surface area contributed by atoms with Crippen LogP contribution in [0.1, 0.15) is 11.1 Å². The van der Waals surface area contributed by atoms with Crippen LogP contribution in [0.5, 0.6) is 0 Å². The van der Waals surface area contributed by atoms with Gasteiger partial charge in [-0.25, -0.2) is 4.79 Å². The molecule has 114 valence electrons. The number of anilines is 1. The Kier molecular flexibility index (Phi) is 4.98. The van der Waals surface area contributed by atoms with E-state index in [0.717, 1.165) is 36.0 Å². The topological polar surface area (TPSA) is 59.0 Å². The molecule has 1 aliphatic rings. The number of aliphatic carboxylic acids is 1. The molecule has 1 aromatic rings. The molecule has 1 N–H and O–H groups in total. The Hall–Kier alpha value is -1.85. The number of hydrogen-bond donors (Lipinski definition) is 1. The molecule has 1 aliphatic heterocycles. The summed E-state index contributed by atoms with van der Waals surface area (Å²) >= 11 is 0. The number of hydrogen-bond acceptors (Lipinski definition) is 4. The van der Waals surface area contributed by atoms with Gasteiger partial charge in [0.05, 0.1) is 0 Å². The lowest BCUT2D eigenvalue weighted by Gasteiger charge is -2.21. The van der Waals surface area contributed by atoms with Crippen LogP contribution in [0.4, 0.5) is 5.69 Å². The number of aryl methyl sites for hydroxylation is 1. The third kappa shape index (κ3) is 3.62. The van der Waals surface area contributed by atoms with Crippen molar-refractivity contribution in [1.82, 2.24) is 0 Å². The zero-order valence-electron chi connectivity index (χ0n) is 12.6. The van der Waals surface area contributed by atoms with Crippen LogP contribution in [0.3, 0.4) is 0 Å². The highest BCUT2D eigenvalue weighted by Gasteiger charge is 2.33. The van der Waals surface area contributed by atoms with Crippen molar-refractivity contribution < 1.29 is 19.4 Å². The molecule has 2 atom stereocenters. The molecule has 0 bridgehead atoms. The summed E-state index contributed by atoms with van der Waals surface area (Å²) in [6.07, 6.45) is 2.84. The zero-order valence-corrected chi connectivity index (χ0v) is 12.6. The van der Waals surface area contributed by atoms with E-state index in [9.17, 15) is 4.79 Å². The monoisotopic (exact) mass is 291 g/mol. The molecule has 2 unspecified atom stereocenters. The normalized spacial score (nSPS) is 22.1. The van der Waals surface area contributed by atoms with Crippen molar-refractivity contribution in [1.29, 1.82) is 0 Å². The van der Waals surface area contributed by atoms with Crippen molar-refractivity contribution in [3.8, 4) is 0 Å². The van der Waals surface area contributed by atoms with Crippen LogP contribution in [0.25, 0.3) is 6.08 Å². The Bertz CT molecular complexity index is 529. The maximum absolute atomic E-state index is 10.7. The lowest BCUT2D eigenvalue weighted by molar-refractivity contribution is -0.131. The molecule has 0 aliphatic carbocycles. The maximum atomic E-state index is 10.7. The zero-order chi connectivity index (χ0) is 15.4. The van der Waals surface area contributed by atoms with Crippen LogP contribution >= 0.6 is 0 Å². The fourth-order valence-corrected chi connectivity index (χ4v) is 2.65. The van der Waals surface area contributed by atoms with E-state index in [2.05, 4.69) is 4.90 Å². The van der Waals surface area contributed by atoms with Gasteiger partial charge in [0, 0.05) is 39.1 Å². The standard InChI is InChI=1S/C16H21NO4/c1-11-4-6-13(12(8-11)5-7-16(18)19)17-9-14(20-2)15(10-17)21-3/h4-8,14-15H,9-10H2,1-3H3,(H,18,19)/b7-5+. The smallest absolute Gasteiger partial charge is 0.328 e. The largest absolute Gasteiger partial charge is 0.478 e. The van der Waals surface area contributed by atoms with Crippen molar-refractivity contribution >= 4 is 17.7 Å². The van der Waals surface area contributed by atoms with E-state index in [1.54, 1.807) is 20.3 Å². The maximum Gasteiger partial charge on any atom is 0.328 e. The van der Waals surface area contributed by atoms with Gasteiger partial charge < -0.3 is 19.5 Å². The molecule has 0 saturated carbocycles. The fraction of sp³-hybridized carbons (Fsp3) is 0.438. The van der Waals surface area contributed by atoms with Crippen LogP contribution in [0.15, 0.2) is 24.3 Å². The molecule has 5 heteroatoms.